The van der Waals surface area contributed by atoms with Gasteiger partial charge in [0, 0.05) is 25.2 Å². The van der Waals surface area contributed by atoms with Crippen molar-refractivity contribution < 1.29 is 27.5 Å². The van der Waals surface area contributed by atoms with Crippen molar-refractivity contribution >= 4 is 27.6 Å². The van der Waals surface area contributed by atoms with Gasteiger partial charge in [-0.15, -0.1) is 0 Å². The summed E-state index contributed by atoms with van der Waals surface area (Å²) in [6, 6.07) is 9.22. The van der Waals surface area contributed by atoms with Gasteiger partial charge in [-0.1, -0.05) is 0 Å². The van der Waals surface area contributed by atoms with Crippen molar-refractivity contribution in [2.45, 2.75) is 30.6 Å². The number of sulfonamides is 1. The minimum absolute atomic E-state index is 0.0442. The molecule has 2 heterocycles. The summed E-state index contributed by atoms with van der Waals surface area (Å²) in [4.78, 5) is 24.1. The predicted octanol–water partition coefficient (Wildman–Crippen LogP) is 2.58. The third-order valence-electron chi connectivity index (χ3n) is 5.26. The van der Waals surface area contributed by atoms with E-state index in [2.05, 4.69) is 5.32 Å². The zero-order valence-corrected chi connectivity index (χ0v) is 17.3. The molecule has 0 radical (unpaired) electrons. The topological polar surface area (TPSA) is 102 Å². The van der Waals surface area contributed by atoms with E-state index in [1.807, 2.05) is 0 Å². The minimum Gasteiger partial charge on any atom is -0.495 e. The van der Waals surface area contributed by atoms with E-state index in [1.54, 1.807) is 18.2 Å². The van der Waals surface area contributed by atoms with Crippen LogP contribution in [0.3, 0.4) is 0 Å². The number of benzene rings is 2. The number of nitrogens with one attached hydrogen (secondary N) is 1. The molecule has 2 aromatic rings. The molecule has 2 aliphatic heterocycles. The number of methoxy groups -OCH3 is 1. The van der Waals surface area contributed by atoms with Gasteiger partial charge in [0.1, 0.15) is 16.4 Å². The van der Waals surface area contributed by atoms with Crippen LogP contribution >= 0.6 is 0 Å². The molecule has 1 saturated heterocycles. The minimum atomic E-state index is -3.77. The number of hydrogen-bond donors (Lipinski definition) is 1. The number of esters is 1. The Morgan fingerprint density at radius 2 is 1.83 bits per heavy atom. The van der Waals surface area contributed by atoms with Crippen LogP contribution in [0.25, 0.3) is 0 Å². The molecule has 9 heteroatoms. The molecular formula is C21H22N2O6S. The molecular weight excluding hydrogens is 408 g/mol. The number of hydrogen-bond acceptors (Lipinski definition) is 6. The van der Waals surface area contributed by atoms with Crippen LogP contribution in [0.15, 0.2) is 41.3 Å². The summed E-state index contributed by atoms with van der Waals surface area (Å²) < 4.78 is 38.1. The van der Waals surface area contributed by atoms with Gasteiger partial charge in [0.05, 0.1) is 12.7 Å². The third kappa shape index (κ3) is 3.90. The smallest absolute Gasteiger partial charge is 0.343 e. The van der Waals surface area contributed by atoms with Gasteiger partial charge in [-0.2, -0.15) is 4.31 Å². The van der Waals surface area contributed by atoms with Crippen molar-refractivity contribution in [1.82, 2.24) is 4.31 Å². The lowest BCUT2D eigenvalue weighted by Crippen LogP contribution is -2.28. The summed E-state index contributed by atoms with van der Waals surface area (Å²) in [6.07, 6.45) is 2.55. The molecule has 1 N–H and O–H groups in total. The Labute approximate surface area is 174 Å². The summed E-state index contributed by atoms with van der Waals surface area (Å²) in [5.74, 6) is -0.204. The molecule has 30 heavy (non-hydrogen) atoms. The number of amides is 1. The van der Waals surface area contributed by atoms with Gasteiger partial charge >= 0.3 is 5.97 Å². The second-order valence-corrected chi connectivity index (χ2v) is 9.14. The van der Waals surface area contributed by atoms with Gasteiger partial charge in [0.25, 0.3) is 0 Å². The van der Waals surface area contributed by atoms with Gasteiger partial charge in [-0.25, -0.2) is 13.2 Å². The van der Waals surface area contributed by atoms with Crippen molar-refractivity contribution in [3.8, 4) is 11.5 Å². The van der Waals surface area contributed by atoms with E-state index in [0.717, 1.165) is 18.4 Å². The molecule has 4 rings (SSSR count). The summed E-state index contributed by atoms with van der Waals surface area (Å²) in [7, 11) is -2.38. The highest BCUT2D eigenvalue weighted by atomic mass is 32.2. The zero-order chi connectivity index (χ0) is 21.3. The van der Waals surface area contributed by atoms with Crippen LogP contribution in [0, 0.1) is 0 Å². The average Bonchev–Trinajstić information content (AvgIpc) is 3.29. The lowest BCUT2D eigenvalue weighted by atomic mass is 10.0. The molecule has 0 atom stereocenters. The van der Waals surface area contributed by atoms with E-state index in [1.165, 1.54) is 29.6 Å². The number of ether oxygens (including phenoxy) is 2. The van der Waals surface area contributed by atoms with Crippen LogP contribution < -0.4 is 14.8 Å². The number of aryl methyl sites for hydroxylation is 1. The van der Waals surface area contributed by atoms with Gasteiger partial charge < -0.3 is 14.8 Å². The number of fused-ring (bicyclic) bond motifs is 1. The van der Waals surface area contributed by atoms with Gasteiger partial charge in [-0.3, -0.25) is 4.79 Å². The molecule has 8 nitrogen and oxygen atoms in total. The summed E-state index contributed by atoms with van der Waals surface area (Å²) >= 11 is 0. The molecule has 2 aromatic carbocycles. The van der Waals surface area contributed by atoms with Crippen molar-refractivity contribution in [3.63, 3.8) is 0 Å². The fourth-order valence-corrected chi connectivity index (χ4v) is 5.36. The van der Waals surface area contributed by atoms with Gasteiger partial charge in [-0.05, 0) is 61.2 Å². The molecule has 0 aliphatic carbocycles. The molecule has 1 fully saturated rings. The maximum atomic E-state index is 13.0. The first-order valence-corrected chi connectivity index (χ1v) is 11.2. The van der Waals surface area contributed by atoms with Crippen molar-refractivity contribution in [2.75, 3.05) is 25.5 Å². The summed E-state index contributed by atoms with van der Waals surface area (Å²) in [6.45, 7) is 0.900. The van der Waals surface area contributed by atoms with Gasteiger partial charge in [0.15, 0.2) is 0 Å². The second kappa shape index (κ2) is 8.08. The molecule has 0 spiro atoms. The molecule has 0 aromatic heterocycles. The number of carbonyl (C=O) groups is 2. The maximum Gasteiger partial charge on any atom is 0.343 e. The fourth-order valence-electron chi connectivity index (χ4n) is 3.66. The fraction of sp³-hybridized carbons (Fsp3) is 0.333. The largest absolute Gasteiger partial charge is 0.495 e. The molecule has 158 valence electrons. The number of nitrogens with zero attached hydrogens (tertiary/aromatic N) is 1. The normalized spacial score (nSPS) is 16.6. The highest BCUT2D eigenvalue weighted by molar-refractivity contribution is 7.89. The Morgan fingerprint density at radius 1 is 1.07 bits per heavy atom. The van der Waals surface area contributed by atoms with Crippen LogP contribution in [-0.4, -0.2) is 44.8 Å². The van der Waals surface area contributed by atoms with Gasteiger partial charge in [0.2, 0.25) is 15.9 Å². The van der Waals surface area contributed by atoms with Crippen LogP contribution in [0.1, 0.15) is 35.2 Å². The van der Waals surface area contributed by atoms with Crippen LogP contribution in [-0.2, 0) is 21.2 Å². The standard InChI is InChI=1S/C21H22N2O6S/c1-28-18-8-4-15(13-19(18)30(26,27)23-10-2-3-11-23)21(25)29-16-6-7-17-14(12-16)5-9-20(24)22-17/h4,6-8,12-13H,2-3,5,9-11H2,1H3,(H,22,24). The lowest BCUT2D eigenvalue weighted by molar-refractivity contribution is -0.116. The monoisotopic (exact) mass is 430 g/mol. The number of anilines is 1. The Kier molecular flexibility index (Phi) is 5.48. The van der Waals surface area contributed by atoms with E-state index >= 15 is 0 Å². The maximum absolute atomic E-state index is 13.0. The average molecular weight is 430 g/mol. The molecule has 0 bridgehead atoms. The van der Waals surface area contributed by atoms with E-state index in [-0.39, 0.29) is 22.1 Å². The SMILES string of the molecule is COc1ccc(C(=O)Oc2ccc3c(c2)CCC(=O)N3)cc1S(=O)(=O)N1CCCC1. The third-order valence-corrected chi connectivity index (χ3v) is 7.18. The van der Waals surface area contributed by atoms with E-state index < -0.39 is 16.0 Å². The first-order chi connectivity index (χ1) is 14.4. The van der Waals surface area contributed by atoms with E-state index in [0.29, 0.717) is 37.4 Å². The van der Waals surface area contributed by atoms with E-state index in [9.17, 15) is 18.0 Å². The first-order valence-electron chi connectivity index (χ1n) is 9.71. The highest BCUT2D eigenvalue weighted by Crippen LogP contribution is 2.31. The summed E-state index contributed by atoms with van der Waals surface area (Å²) in [5, 5.41) is 2.77. The first kappa shape index (κ1) is 20.4. The molecule has 0 unspecified atom stereocenters. The Morgan fingerprint density at radius 3 is 2.57 bits per heavy atom. The Hall–Kier alpha value is -2.91. The lowest BCUT2D eigenvalue weighted by Gasteiger charge is -2.18. The van der Waals surface area contributed by atoms with Crippen LogP contribution in [0.5, 0.6) is 11.5 Å². The second-order valence-electron chi connectivity index (χ2n) is 7.23. The van der Waals surface area contributed by atoms with Crippen molar-refractivity contribution in [1.29, 1.82) is 0 Å². The Bertz CT molecular complexity index is 1110. The number of rotatable bonds is 5. The molecule has 2 aliphatic rings. The zero-order valence-electron chi connectivity index (χ0n) is 16.5. The van der Waals surface area contributed by atoms with Crippen LogP contribution in [0.4, 0.5) is 5.69 Å². The van der Waals surface area contributed by atoms with Crippen molar-refractivity contribution in [3.05, 3.63) is 47.5 Å². The van der Waals surface area contributed by atoms with E-state index in [4.69, 9.17) is 9.47 Å². The Balaban J connectivity index is 1.60. The quantitative estimate of drug-likeness (QED) is 0.578. The molecule has 0 saturated carbocycles. The predicted molar refractivity (Wildman–Crippen MR) is 109 cm³/mol. The highest BCUT2D eigenvalue weighted by Gasteiger charge is 2.31. The number of carbonyl (C=O) groups excluding carboxylic acids is 2. The molecule has 1 amide bonds. The van der Waals surface area contributed by atoms with Crippen molar-refractivity contribution in [2.24, 2.45) is 0 Å². The summed E-state index contributed by atoms with van der Waals surface area (Å²) in [5.41, 5.74) is 1.70. The van der Waals surface area contributed by atoms with Crippen LogP contribution in [0.2, 0.25) is 0 Å².